The molecule has 1 aromatic heterocycles. The molecule has 134 valence electrons. The summed E-state index contributed by atoms with van der Waals surface area (Å²) in [6.45, 7) is 1.64. The number of anilines is 1. The maximum atomic E-state index is 12.1. The molecule has 1 atom stereocenters. The zero-order valence-corrected chi connectivity index (χ0v) is 15.0. The van der Waals surface area contributed by atoms with E-state index in [2.05, 4.69) is 10.5 Å². The van der Waals surface area contributed by atoms with E-state index in [1.165, 1.54) is 16.7 Å². The number of aromatic nitrogens is 1. The summed E-state index contributed by atoms with van der Waals surface area (Å²) in [4.78, 5) is 25.3. The van der Waals surface area contributed by atoms with E-state index in [9.17, 15) is 14.7 Å². The predicted molar refractivity (Wildman–Crippen MR) is 96.2 cm³/mol. The number of amides is 2. The zero-order chi connectivity index (χ0) is 18.2. The summed E-state index contributed by atoms with van der Waals surface area (Å²) < 4.78 is 4.86. The first-order chi connectivity index (χ1) is 12.0. The molecule has 7 nitrogen and oxygen atoms in total. The van der Waals surface area contributed by atoms with Crippen LogP contribution in [0.5, 0.6) is 0 Å². The van der Waals surface area contributed by atoms with Gasteiger partial charge in [0.25, 0.3) is 0 Å². The first-order valence-electron chi connectivity index (χ1n) is 7.73. The van der Waals surface area contributed by atoms with Crippen LogP contribution in [0.3, 0.4) is 0 Å². The van der Waals surface area contributed by atoms with Crippen LogP contribution in [0.25, 0.3) is 0 Å². The second-order valence-electron chi connectivity index (χ2n) is 5.56. The van der Waals surface area contributed by atoms with E-state index in [0.717, 1.165) is 5.56 Å². The number of aryl methyl sites for hydroxylation is 1. The summed E-state index contributed by atoms with van der Waals surface area (Å²) in [5.41, 5.74) is 0.818. The molecule has 0 bridgehead atoms. The van der Waals surface area contributed by atoms with E-state index >= 15 is 0 Å². The molecule has 1 heterocycles. The molecule has 0 aliphatic carbocycles. The molecule has 25 heavy (non-hydrogen) atoms. The third kappa shape index (κ3) is 6.24. The molecule has 2 amide bonds. The van der Waals surface area contributed by atoms with E-state index in [-0.39, 0.29) is 24.1 Å². The van der Waals surface area contributed by atoms with Crippen LogP contribution in [0.4, 0.5) is 5.82 Å². The van der Waals surface area contributed by atoms with Gasteiger partial charge >= 0.3 is 0 Å². The van der Waals surface area contributed by atoms with Crippen LogP contribution < -0.4 is 5.32 Å². The van der Waals surface area contributed by atoms with Crippen LogP contribution in [0.2, 0.25) is 0 Å². The number of benzene rings is 1. The number of hydrogen-bond donors (Lipinski definition) is 2. The van der Waals surface area contributed by atoms with Gasteiger partial charge in [-0.1, -0.05) is 35.5 Å². The van der Waals surface area contributed by atoms with E-state index in [4.69, 9.17) is 4.52 Å². The van der Waals surface area contributed by atoms with E-state index in [0.29, 0.717) is 17.3 Å². The Labute approximate surface area is 150 Å². The summed E-state index contributed by atoms with van der Waals surface area (Å²) in [6, 6.07) is 10.9. The number of rotatable bonds is 8. The Morgan fingerprint density at radius 2 is 2.08 bits per heavy atom. The topological polar surface area (TPSA) is 95.7 Å². The summed E-state index contributed by atoms with van der Waals surface area (Å²) in [5, 5.41) is 16.3. The van der Waals surface area contributed by atoms with Crippen molar-refractivity contribution in [1.82, 2.24) is 10.1 Å². The lowest BCUT2D eigenvalue weighted by Crippen LogP contribution is -2.36. The zero-order valence-electron chi connectivity index (χ0n) is 14.1. The van der Waals surface area contributed by atoms with Crippen LogP contribution >= 0.6 is 11.8 Å². The second kappa shape index (κ2) is 9.24. The maximum absolute atomic E-state index is 12.1. The standard InChI is InChI=1S/C17H21N3O4S/c1-12-8-15(19-24-12)18-16(22)9-20(2)17(23)11-25-10-14(21)13-6-4-3-5-7-13/h3-8,14,21H,9-11H2,1-2H3,(H,18,19,22). The largest absolute Gasteiger partial charge is 0.388 e. The molecule has 0 aliphatic heterocycles. The number of carbonyl (C=O) groups excluding carboxylic acids is 2. The molecule has 2 N–H and O–H groups in total. The highest BCUT2D eigenvalue weighted by atomic mass is 32.2. The molecule has 1 unspecified atom stereocenters. The van der Waals surface area contributed by atoms with Gasteiger partial charge in [-0.25, -0.2) is 0 Å². The van der Waals surface area contributed by atoms with Gasteiger partial charge in [0.05, 0.1) is 18.4 Å². The van der Waals surface area contributed by atoms with Crippen molar-refractivity contribution in [3.05, 3.63) is 47.7 Å². The van der Waals surface area contributed by atoms with Gasteiger partial charge in [-0.05, 0) is 12.5 Å². The number of aliphatic hydroxyl groups excluding tert-OH is 1. The van der Waals surface area contributed by atoms with Gasteiger partial charge in [0.15, 0.2) is 5.82 Å². The molecule has 0 saturated heterocycles. The lowest BCUT2D eigenvalue weighted by Gasteiger charge is -2.17. The van der Waals surface area contributed by atoms with Crippen molar-refractivity contribution >= 4 is 29.4 Å². The summed E-state index contributed by atoms with van der Waals surface area (Å²) in [5.74, 6) is 0.983. The lowest BCUT2D eigenvalue weighted by atomic mass is 10.1. The molecular weight excluding hydrogens is 342 g/mol. The molecule has 0 fully saturated rings. The quantitative estimate of drug-likeness (QED) is 0.743. The van der Waals surface area contributed by atoms with Gasteiger partial charge in [-0.2, -0.15) is 0 Å². The smallest absolute Gasteiger partial charge is 0.245 e. The van der Waals surface area contributed by atoms with Gasteiger partial charge in [0.1, 0.15) is 5.76 Å². The minimum Gasteiger partial charge on any atom is -0.388 e. The number of likely N-dealkylation sites (N-methyl/N-ethyl adjacent to an activating group) is 1. The summed E-state index contributed by atoms with van der Waals surface area (Å²) in [7, 11) is 1.56. The van der Waals surface area contributed by atoms with Gasteiger partial charge < -0.3 is 19.8 Å². The molecule has 0 aliphatic rings. The Hall–Kier alpha value is -2.32. The highest BCUT2D eigenvalue weighted by molar-refractivity contribution is 7.99. The Morgan fingerprint density at radius 1 is 1.36 bits per heavy atom. The summed E-state index contributed by atoms with van der Waals surface area (Å²) in [6.07, 6.45) is -0.622. The third-order valence-corrected chi connectivity index (χ3v) is 4.39. The Kier molecular flexibility index (Phi) is 7.03. The van der Waals surface area contributed by atoms with Crippen molar-refractivity contribution in [3.63, 3.8) is 0 Å². The second-order valence-corrected chi connectivity index (χ2v) is 6.59. The number of nitrogens with zero attached hydrogens (tertiary/aromatic N) is 2. The number of nitrogens with one attached hydrogen (secondary N) is 1. The van der Waals surface area contributed by atoms with Crippen molar-refractivity contribution < 1.29 is 19.2 Å². The van der Waals surface area contributed by atoms with Crippen molar-refractivity contribution in [3.8, 4) is 0 Å². The molecule has 8 heteroatoms. The van der Waals surface area contributed by atoms with Gasteiger partial charge in [0, 0.05) is 18.9 Å². The van der Waals surface area contributed by atoms with Crippen LogP contribution in [0.15, 0.2) is 40.9 Å². The monoisotopic (exact) mass is 363 g/mol. The fourth-order valence-corrected chi connectivity index (χ4v) is 2.98. The molecule has 0 spiro atoms. The predicted octanol–water partition coefficient (Wildman–Crippen LogP) is 1.85. The van der Waals surface area contributed by atoms with Crippen LogP contribution in [-0.2, 0) is 9.59 Å². The summed E-state index contributed by atoms with van der Waals surface area (Å²) >= 11 is 1.33. The van der Waals surface area contributed by atoms with Gasteiger partial charge in [-0.3, -0.25) is 9.59 Å². The van der Waals surface area contributed by atoms with Crippen molar-refractivity contribution in [1.29, 1.82) is 0 Å². The maximum Gasteiger partial charge on any atom is 0.245 e. The molecule has 1 aromatic carbocycles. The SMILES string of the molecule is Cc1cc(NC(=O)CN(C)C(=O)CSCC(O)c2ccccc2)no1. The normalized spacial score (nSPS) is 11.8. The van der Waals surface area contributed by atoms with E-state index in [1.807, 2.05) is 30.3 Å². The van der Waals surface area contributed by atoms with E-state index < -0.39 is 6.10 Å². The first-order valence-corrected chi connectivity index (χ1v) is 8.89. The number of hydrogen-bond acceptors (Lipinski definition) is 6. The fraction of sp³-hybridized carbons (Fsp3) is 0.353. The molecular formula is C17H21N3O4S. The van der Waals surface area contributed by atoms with Crippen molar-refractivity contribution in [2.75, 3.05) is 30.4 Å². The number of thioether (sulfide) groups is 1. The van der Waals surface area contributed by atoms with Gasteiger partial charge in [0.2, 0.25) is 11.8 Å². The highest BCUT2D eigenvalue weighted by Gasteiger charge is 2.15. The van der Waals surface area contributed by atoms with Crippen molar-refractivity contribution in [2.45, 2.75) is 13.0 Å². The molecule has 0 saturated carbocycles. The minimum absolute atomic E-state index is 0.0768. The fourth-order valence-electron chi connectivity index (χ4n) is 2.05. The van der Waals surface area contributed by atoms with Gasteiger partial charge in [-0.15, -0.1) is 11.8 Å². The Morgan fingerprint density at radius 3 is 2.72 bits per heavy atom. The molecule has 0 radical (unpaired) electrons. The van der Waals surface area contributed by atoms with E-state index in [1.54, 1.807) is 20.0 Å². The number of carbonyl (C=O) groups is 2. The Balaban J connectivity index is 1.70. The molecule has 2 aromatic rings. The first kappa shape index (κ1) is 19.0. The van der Waals surface area contributed by atoms with Crippen LogP contribution in [-0.4, -0.2) is 52.1 Å². The molecule has 2 rings (SSSR count). The average molecular weight is 363 g/mol. The lowest BCUT2D eigenvalue weighted by molar-refractivity contribution is -0.131. The number of aliphatic hydroxyl groups is 1. The van der Waals surface area contributed by atoms with Crippen LogP contribution in [0, 0.1) is 6.92 Å². The minimum atomic E-state index is -0.622. The Bertz CT molecular complexity index is 705. The highest BCUT2D eigenvalue weighted by Crippen LogP contribution is 2.18. The van der Waals surface area contributed by atoms with Crippen LogP contribution in [0.1, 0.15) is 17.4 Å². The third-order valence-electron chi connectivity index (χ3n) is 3.39. The van der Waals surface area contributed by atoms with Crippen molar-refractivity contribution in [2.24, 2.45) is 0 Å². The average Bonchev–Trinajstić information content (AvgIpc) is 2.99.